The maximum Gasteiger partial charge on any atom is 0.223 e. The zero-order chi connectivity index (χ0) is 16.1. The number of hydrogen-bond donors (Lipinski definition) is 2. The Morgan fingerprint density at radius 3 is 2.32 bits per heavy atom. The predicted molar refractivity (Wildman–Crippen MR) is 102 cm³/mol. The number of nitrogens with one attached hydrogen (secondary N) is 2. The third kappa shape index (κ3) is 13.1. The Morgan fingerprint density at radius 2 is 1.77 bits per heavy atom. The number of nitrogens with zero attached hydrogens (tertiary/aromatic N) is 3. The van der Waals surface area contributed by atoms with E-state index in [4.69, 9.17) is 4.74 Å². The van der Waals surface area contributed by atoms with Gasteiger partial charge in [-0.3, -0.25) is 9.79 Å². The van der Waals surface area contributed by atoms with Crippen LogP contribution in [0.2, 0.25) is 0 Å². The van der Waals surface area contributed by atoms with Crippen LogP contribution in [0.1, 0.15) is 12.8 Å². The first-order chi connectivity index (χ1) is 10.0. The maximum atomic E-state index is 11.4. The van der Waals surface area contributed by atoms with Crippen LogP contribution in [-0.4, -0.2) is 89.8 Å². The zero-order valence-corrected chi connectivity index (χ0v) is 16.8. The Labute approximate surface area is 151 Å². The van der Waals surface area contributed by atoms with Crippen molar-refractivity contribution >= 4 is 35.8 Å². The molecule has 0 aromatic carbocycles. The van der Waals surface area contributed by atoms with Gasteiger partial charge in [0, 0.05) is 67.5 Å². The molecule has 1 amide bonds. The molecule has 22 heavy (non-hydrogen) atoms. The molecule has 0 unspecified atom stereocenters. The molecule has 0 bridgehead atoms. The summed E-state index contributed by atoms with van der Waals surface area (Å²) in [5, 5.41) is 6.37. The topological polar surface area (TPSA) is 69.2 Å². The number of rotatable bonds is 10. The van der Waals surface area contributed by atoms with Crippen molar-refractivity contribution < 1.29 is 9.53 Å². The average Bonchev–Trinajstić information content (AvgIpc) is 2.45. The number of hydrogen-bond acceptors (Lipinski definition) is 4. The fraction of sp³-hybridized carbons (Fsp3) is 0.857. The smallest absolute Gasteiger partial charge is 0.223 e. The van der Waals surface area contributed by atoms with Gasteiger partial charge in [0.15, 0.2) is 5.96 Å². The number of halogens is 1. The van der Waals surface area contributed by atoms with Crippen molar-refractivity contribution in [1.82, 2.24) is 20.4 Å². The van der Waals surface area contributed by atoms with Gasteiger partial charge in [-0.25, -0.2) is 0 Å². The molecule has 0 saturated heterocycles. The summed E-state index contributed by atoms with van der Waals surface area (Å²) in [6, 6.07) is 0. The van der Waals surface area contributed by atoms with Crippen LogP contribution >= 0.6 is 24.0 Å². The summed E-state index contributed by atoms with van der Waals surface area (Å²) < 4.78 is 5.03. The third-order valence-corrected chi connectivity index (χ3v) is 3.03. The van der Waals surface area contributed by atoms with Crippen LogP contribution in [0, 0.1) is 0 Å². The highest BCUT2D eigenvalue weighted by Crippen LogP contribution is 1.87. The number of methoxy groups -OCH3 is 1. The Balaban J connectivity index is 0. The molecular formula is C14H32IN5O2. The molecule has 0 rings (SSSR count). The van der Waals surface area contributed by atoms with E-state index >= 15 is 0 Å². The van der Waals surface area contributed by atoms with Crippen LogP contribution in [0.15, 0.2) is 4.99 Å². The highest BCUT2D eigenvalue weighted by molar-refractivity contribution is 14.0. The minimum absolute atomic E-state index is 0. The van der Waals surface area contributed by atoms with Crippen molar-refractivity contribution in [3.05, 3.63) is 0 Å². The summed E-state index contributed by atoms with van der Waals surface area (Å²) in [4.78, 5) is 19.4. The van der Waals surface area contributed by atoms with Gasteiger partial charge in [-0.1, -0.05) is 0 Å². The maximum absolute atomic E-state index is 11.4. The lowest BCUT2D eigenvalue weighted by Gasteiger charge is -2.18. The van der Waals surface area contributed by atoms with Crippen molar-refractivity contribution in [2.75, 3.05) is 68.1 Å². The van der Waals surface area contributed by atoms with Gasteiger partial charge in [-0.15, -0.1) is 24.0 Å². The van der Waals surface area contributed by atoms with Crippen molar-refractivity contribution in [2.45, 2.75) is 12.8 Å². The van der Waals surface area contributed by atoms with Crippen LogP contribution < -0.4 is 10.6 Å². The third-order valence-electron chi connectivity index (χ3n) is 3.03. The van der Waals surface area contributed by atoms with E-state index in [9.17, 15) is 4.79 Å². The molecule has 2 N–H and O–H groups in total. The van der Waals surface area contributed by atoms with Crippen LogP contribution in [0.25, 0.3) is 0 Å². The van der Waals surface area contributed by atoms with Gasteiger partial charge < -0.3 is 25.2 Å². The second kappa shape index (κ2) is 15.3. The first-order valence-electron chi connectivity index (χ1n) is 7.33. The van der Waals surface area contributed by atoms with E-state index in [0.29, 0.717) is 13.0 Å². The van der Waals surface area contributed by atoms with E-state index < -0.39 is 0 Å². The van der Waals surface area contributed by atoms with Gasteiger partial charge in [-0.05, 0) is 13.5 Å². The fourth-order valence-corrected chi connectivity index (χ4v) is 1.69. The number of amides is 1. The molecule has 8 heteroatoms. The molecule has 0 spiro atoms. The van der Waals surface area contributed by atoms with Gasteiger partial charge in [0.25, 0.3) is 0 Å². The standard InChI is InChI=1S/C14H31N5O2.HI/c1-15-14(16-8-7-13(20)18(2)3)17-9-11-19(4)10-6-12-21-5;/h6-12H2,1-5H3,(H2,15,16,17);1H. The molecule has 0 heterocycles. The highest BCUT2D eigenvalue weighted by atomic mass is 127. The second-order valence-corrected chi connectivity index (χ2v) is 5.11. The Bertz CT molecular complexity index is 314. The van der Waals surface area contributed by atoms with E-state index in [0.717, 1.165) is 38.6 Å². The summed E-state index contributed by atoms with van der Waals surface area (Å²) in [5.41, 5.74) is 0. The summed E-state index contributed by atoms with van der Waals surface area (Å²) >= 11 is 0. The fourth-order valence-electron chi connectivity index (χ4n) is 1.69. The molecule has 0 fully saturated rings. The Hall–Kier alpha value is -0.610. The summed E-state index contributed by atoms with van der Waals surface area (Å²) in [6.45, 7) is 4.13. The molecule has 132 valence electrons. The molecule has 0 aromatic rings. The van der Waals surface area contributed by atoms with E-state index in [1.54, 1.807) is 33.2 Å². The molecule has 0 aliphatic rings. The number of carbonyl (C=O) groups excluding carboxylic acids is 1. The molecule has 0 saturated carbocycles. The second-order valence-electron chi connectivity index (χ2n) is 5.11. The lowest BCUT2D eigenvalue weighted by atomic mass is 10.4. The Morgan fingerprint density at radius 1 is 1.14 bits per heavy atom. The van der Waals surface area contributed by atoms with Gasteiger partial charge >= 0.3 is 0 Å². The number of aliphatic imine (C=N–C) groups is 1. The van der Waals surface area contributed by atoms with Crippen molar-refractivity contribution in [3.63, 3.8) is 0 Å². The average molecular weight is 429 g/mol. The highest BCUT2D eigenvalue weighted by Gasteiger charge is 2.04. The normalized spacial score (nSPS) is 11.1. The lowest BCUT2D eigenvalue weighted by Crippen LogP contribution is -2.42. The monoisotopic (exact) mass is 429 g/mol. The molecule has 0 aliphatic carbocycles. The van der Waals surface area contributed by atoms with E-state index in [-0.39, 0.29) is 29.9 Å². The van der Waals surface area contributed by atoms with Crippen molar-refractivity contribution in [2.24, 2.45) is 4.99 Å². The quantitative estimate of drug-likeness (QED) is 0.225. The van der Waals surface area contributed by atoms with Crippen LogP contribution in [0.4, 0.5) is 0 Å². The predicted octanol–water partition coefficient (Wildman–Crippen LogP) is 0.216. The van der Waals surface area contributed by atoms with Gasteiger partial charge in [0.1, 0.15) is 0 Å². The van der Waals surface area contributed by atoms with E-state index in [1.807, 2.05) is 0 Å². The van der Waals surface area contributed by atoms with Gasteiger partial charge in [0.2, 0.25) is 5.91 Å². The van der Waals surface area contributed by atoms with Gasteiger partial charge in [-0.2, -0.15) is 0 Å². The van der Waals surface area contributed by atoms with Crippen LogP contribution in [-0.2, 0) is 9.53 Å². The van der Waals surface area contributed by atoms with Crippen molar-refractivity contribution in [3.8, 4) is 0 Å². The molecule has 0 aliphatic heterocycles. The Kier molecular flexibility index (Phi) is 16.4. The molecule has 0 radical (unpaired) electrons. The molecule has 0 atom stereocenters. The lowest BCUT2D eigenvalue weighted by molar-refractivity contribution is -0.128. The van der Waals surface area contributed by atoms with E-state index in [2.05, 4.69) is 27.6 Å². The van der Waals surface area contributed by atoms with Crippen LogP contribution in [0.5, 0.6) is 0 Å². The minimum Gasteiger partial charge on any atom is -0.385 e. The zero-order valence-electron chi connectivity index (χ0n) is 14.5. The summed E-state index contributed by atoms with van der Waals surface area (Å²) in [6.07, 6.45) is 1.50. The van der Waals surface area contributed by atoms with Gasteiger partial charge in [0.05, 0.1) is 0 Å². The van der Waals surface area contributed by atoms with Crippen LogP contribution in [0.3, 0.4) is 0 Å². The first-order valence-corrected chi connectivity index (χ1v) is 7.33. The molecule has 0 aromatic heterocycles. The van der Waals surface area contributed by atoms with Crippen molar-refractivity contribution in [1.29, 1.82) is 0 Å². The minimum atomic E-state index is 0. The SMILES string of the molecule is CN=C(NCCC(=O)N(C)C)NCCN(C)CCCOC.I. The van der Waals surface area contributed by atoms with E-state index in [1.165, 1.54) is 0 Å². The first kappa shape index (κ1) is 23.7. The number of guanidine groups is 1. The number of carbonyl (C=O) groups is 1. The summed E-state index contributed by atoms with van der Waals surface area (Å²) in [5.74, 6) is 0.836. The number of likely N-dealkylation sites (N-methyl/N-ethyl adjacent to an activating group) is 1. The summed E-state index contributed by atoms with van der Waals surface area (Å²) in [7, 11) is 9.05. The molecule has 7 nitrogen and oxygen atoms in total. The molecular weight excluding hydrogens is 397 g/mol. The largest absolute Gasteiger partial charge is 0.385 e. The number of ether oxygens (including phenoxy) is 1.